The molecule has 0 fully saturated rings. The van der Waals surface area contributed by atoms with Crippen LogP contribution < -0.4 is 0 Å². The van der Waals surface area contributed by atoms with Gasteiger partial charge in [-0.05, 0) is 57.4 Å². The molecule has 0 amide bonds. The van der Waals surface area contributed by atoms with E-state index < -0.39 is 0 Å². The number of aromatic hydroxyl groups is 1. The standard InChI is InChI=1S/C24H30N2O/c1-5-6-7-8-9-11-19-12-10-13-22-23(25-26(17(2)3)24(19)22)21-15-14-20(27)16-18(21)4/h9-17,27H,5-8H2,1-4H3/b11-9+. The van der Waals surface area contributed by atoms with Crippen LogP contribution in [0.25, 0.3) is 28.2 Å². The molecule has 0 bridgehead atoms. The number of rotatable bonds is 7. The van der Waals surface area contributed by atoms with E-state index in [1.807, 2.05) is 13.0 Å². The lowest BCUT2D eigenvalue weighted by Crippen LogP contribution is -2.03. The number of hydrogen-bond donors (Lipinski definition) is 1. The summed E-state index contributed by atoms with van der Waals surface area (Å²) in [6.45, 7) is 8.59. The Labute approximate surface area is 162 Å². The minimum Gasteiger partial charge on any atom is -0.508 e. The molecule has 0 aliphatic rings. The van der Waals surface area contributed by atoms with Gasteiger partial charge in [-0.15, -0.1) is 0 Å². The zero-order valence-corrected chi connectivity index (χ0v) is 16.9. The Morgan fingerprint density at radius 1 is 1.15 bits per heavy atom. The molecule has 0 radical (unpaired) electrons. The average Bonchev–Trinajstić information content (AvgIpc) is 3.02. The number of para-hydroxylation sites is 1. The molecular formula is C24H30N2O. The first-order chi connectivity index (χ1) is 13.0. The Morgan fingerprint density at radius 3 is 2.67 bits per heavy atom. The molecule has 1 aromatic heterocycles. The molecule has 0 aliphatic heterocycles. The highest BCUT2D eigenvalue weighted by molar-refractivity contribution is 5.98. The van der Waals surface area contributed by atoms with Gasteiger partial charge in [0.15, 0.2) is 0 Å². The Morgan fingerprint density at radius 2 is 1.96 bits per heavy atom. The summed E-state index contributed by atoms with van der Waals surface area (Å²) in [7, 11) is 0. The van der Waals surface area contributed by atoms with Crippen LogP contribution in [0.5, 0.6) is 5.75 Å². The topological polar surface area (TPSA) is 38.1 Å². The maximum absolute atomic E-state index is 9.76. The quantitative estimate of drug-likeness (QED) is 0.465. The summed E-state index contributed by atoms with van der Waals surface area (Å²) in [5.74, 6) is 0.291. The predicted octanol–water partition coefficient (Wildman–Crippen LogP) is 6.89. The van der Waals surface area contributed by atoms with Crippen LogP contribution >= 0.6 is 0 Å². The van der Waals surface area contributed by atoms with E-state index in [0.717, 1.165) is 28.6 Å². The minimum atomic E-state index is 0.272. The average molecular weight is 363 g/mol. The van der Waals surface area contributed by atoms with Gasteiger partial charge in [-0.2, -0.15) is 5.10 Å². The molecule has 1 N–H and O–H groups in total. The summed E-state index contributed by atoms with van der Waals surface area (Å²) in [6, 6.07) is 12.2. The van der Waals surface area contributed by atoms with E-state index in [-0.39, 0.29) is 6.04 Å². The van der Waals surface area contributed by atoms with E-state index in [1.54, 1.807) is 12.1 Å². The van der Waals surface area contributed by atoms with Crippen molar-refractivity contribution in [2.24, 2.45) is 0 Å². The number of fused-ring (bicyclic) bond motifs is 1. The lowest BCUT2D eigenvalue weighted by Gasteiger charge is -2.09. The van der Waals surface area contributed by atoms with Gasteiger partial charge in [-0.3, -0.25) is 4.68 Å². The summed E-state index contributed by atoms with van der Waals surface area (Å²) in [5, 5.41) is 15.9. The van der Waals surface area contributed by atoms with Gasteiger partial charge in [0.25, 0.3) is 0 Å². The Hall–Kier alpha value is -2.55. The number of allylic oxidation sites excluding steroid dienone is 1. The van der Waals surface area contributed by atoms with Crippen molar-refractivity contribution in [1.29, 1.82) is 0 Å². The van der Waals surface area contributed by atoms with Crippen LogP contribution in [0.2, 0.25) is 0 Å². The third-order valence-corrected chi connectivity index (χ3v) is 4.99. The fraction of sp³-hybridized carbons (Fsp3) is 0.375. The number of nitrogens with zero attached hydrogens (tertiary/aromatic N) is 2. The van der Waals surface area contributed by atoms with E-state index in [4.69, 9.17) is 5.10 Å². The molecule has 3 rings (SSSR count). The molecule has 1 heterocycles. The summed E-state index contributed by atoms with van der Waals surface area (Å²) in [6.07, 6.45) is 9.41. The van der Waals surface area contributed by atoms with E-state index in [0.29, 0.717) is 5.75 Å². The molecule has 0 unspecified atom stereocenters. The van der Waals surface area contributed by atoms with E-state index in [1.165, 1.54) is 30.3 Å². The van der Waals surface area contributed by atoms with Gasteiger partial charge in [0.2, 0.25) is 0 Å². The van der Waals surface area contributed by atoms with Crippen molar-refractivity contribution in [3.8, 4) is 17.0 Å². The molecule has 3 nitrogen and oxygen atoms in total. The number of hydrogen-bond acceptors (Lipinski definition) is 2. The van der Waals surface area contributed by atoms with Gasteiger partial charge in [0.1, 0.15) is 11.4 Å². The first-order valence-electron chi connectivity index (χ1n) is 10.0. The monoisotopic (exact) mass is 362 g/mol. The molecular weight excluding hydrogens is 332 g/mol. The van der Waals surface area contributed by atoms with E-state index >= 15 is 0 Å². The van der Waals surface area contributed by atoms with Crippen LogP contribution in [0.15, 0.2) is 42.5 Å². The molecule has 3 heteroatoms. The van der Waals surface area contributed by atoms with E-state index in [2.05, 4.69) is 55.8 Å². The fourth-order valence-corrected chi connectivity index (χ4v) is 3.56. The highest BCUT2D eigenvalue weighted by Crippen LogP contribution is 2.34. The maximum Gasteiger partial charge on any atom is 0.115 e. The highest BCUT2D eigenvalue weighted by Gasteiger charge is 2.17. The number of aromatic nitrogens is 2. The van der Waals surface area contributed by atoms with Crippen LogP contribution in [0.1, 0.15) is 63.6 Å². The zero-order chi connectivity index (χ0) is 19.4. The SMILES string of the molecule is CCCCC/C=C/c1cccc2c(-c3ccc(O)cc3C)nn(C(C)C)c12. The van der Waals surface area contributed by atoms with Gasteiger partial charge in [-0.25, -0.2) is 0 Å². The van der Waals surface area contributed by atoms with Crippen molar-refractivity contribution in [2.45, 2.75) is 59.4 Å². The number of unbranched alkanes of at least 4 members (excludes halogenated alkanes) is 3. The summed E-state index contributed by atoms with van der Waals surface area (Å²) < 4.78 is 2.13. The third-order valence-electron chi connectivity index (χ3n) is 4.99. The largest absolute Gasteiger partial charge is 0.508 e. The van der Waals surface area contributed by atoms with Crippen LogP contribution in [0.3, 0.4) is 0 Å². The molecule has 0 atom stereocenters. The van der Waals surface area contributed by atoms with Crippen molar-refractivity contribution < 1.29 is 5.11 Å². The normalized spacial score (nSPS) is 11.9. The molecule has 0 spiro atoms. The Balaban J connectivity index is 2.11. The van der Waals surface area contributed by atoms with Crippen LogP contribution in [-0.2, 0) is 0 Å². The van der Waals surface area contributed by atoms with Crippen LogP contribution in [-0.4, -0.2) is 14.9 Å². The first kappa shape index (κ1) is 19.2. The van der Waals surface area contributed by atoms with Crippen LogP contribution in [0, 0.1) is 6.92 Å². The number of phenols is 1. The van der Waals surface area contributed by atoms with Gasteiger partial charge in [0, 0.05) is 22.6 Å². The predicted molar refractivity (Wildman–Crippen MR) is 115 cm³/mol. The fourth-order valence-electron chi connectivity index (χ4n) is 3.56. The second kappa shape index (κ2) is 8.43. The number of aryl methyl sites for hydroxylation is 1. The number of benzene rings is 2. The minimum absolute atomic E-state index is 0.272. The lowest BCUT2D eigenvalue weighted by atomic mass is 10.0. The Kier molecular flexibility index (Phi) is 6.00. The second-order valence-electron chi connectivity index (χ2n) is 7.53. The maximum atomic E-state index is 9.76. The summed E-state index contributed by atoms with van der Waals surface area (Å²) in [4.78, 5) is 0. The summed E-state index contributed by atoms with van der Waals surface area (Å²) in [5.41, 5.74) is 5.49. The zero-order valence-electron chi connectivity index (χ0n) is 16.9. The van der Waals surface area contributed by atoms with Crippen molar-refractivity contribution in [1.82, 2.24) is 9.78 Å². The van der Waals surface area contributed by atoms with Crippen molar-refractivity contribution in [3.05, 3.63) is 53.6 Å². The molecule has 0 saturated heterocycles. The third kappa shape index (κ3) is 4.08. The number of phenolic OH excluding ortho intramolecular Hbond substituents is 1. The second-order valence-corrected chi connectivity index (χ2v) is 7.53. The van der Waals surface area contributed by atoms with Gasteiger partial charge < -0.3 is 5.11 Å². The highest BCUT2D eigenvalue weighted by atomic mass is 16.3. The van der Waals surface area contributed by atoms with Gasteiger partial charge >= 0.3 is 0 Å². The lowest BCUT2D eigenvalue weighted by molar-refractivity contribution is 0.475. The van der Waals surface area contributed by atoms with E-state index in [9.17, 15) is 5.11 Å². The van der Waals surface area contributed by atoms with Crippen LogP contribution in [0.4, 0.5) is 0 Å². The molecule has 142 valence electrons. The summed E-state index contributed by atoms with van der Waals surface area (Å²) >= 11 is 0. The molecule has 2 aromatic carbocycles. The smallest absolute Gasteiger partial charge is 0.115 e. The Bertz CT molecular complexity index is 950. The molecule has 27 heavy (non-hydrogen) atoms. The molecule has 0 aliphatic carbocycles. The van der Waals surface area contributed by atoms with Gasteiger partial charge in [-0.1, -0.05) is 50.1 Å². The molecule has 0 saturated carbocycles. The molecule has 3 aromatic rings. The van der Waals surface area contributed by atoms with Crippen molar-refractivity contribution >= 4 is 17.0 Å². The van der Waals surface area contributed by atoms with Crippen molar-refractivity contribution in [2.75, 3.05) is 0 Å². The van der Waals surface area contributed by atoms with Gasteiger partial charge in [0.05, 0.1) is 5.52 Å². The first-order valence-corrected chi connectivity index (χ1v) is 10.0. The van der Waals surface area contributed by atoms with Crippen molar-refractivity contribution in [3.63, 3.8) is 0 Å².